The summed E-state index contributed by atoms with van der Waals surface area (Å²) in [4.78, 5) is 15.1. The van der Waals surface area contributed by atoms with Gasteiger partial charge in [0.2, 0.25) is 12.7 Å². The van der Waals surface area contributed by atoms with Gasteiger partial charge in [-0.05, 0) is 68.4 Å². The van der Waals surface area contributed by atoms with Gasteiger partial charge >= 0.3 is 0 Å². The van der Waals surface area contributed by atoms with Crippen LogP contribution in [0, 0.1) is 6.92 Å². The minimum Gasteiger partial charge on any atom is -0.454 e. The third-order valence-electron chi connectivity index (χ3n) is 7.99. The third kappa shape index (κ3) is 4.98. The summed E-state index contributed by atoms with van der Waals surface area (Å²) < 4.78 is 12.8. The molecule has 0 atom stereocenters. The van der Waals surface area contributed by atoms with Crippen molar-refractivity contribution in [2.24, 2.45) is 0 Å². The minimum absolute atomic E-state index is 0.0167. The molecule has 2 aliphatic heterocycles. The van der Waals surface area contributed by atoms with E-state index in [0.29, 0.717) is 31.1 Å². The van der Waals surface area contributed by atoms with Gasteiger partial charge in [-0.15, -0.1) is 0 Å². The number of likely N-dealkylation sites (tertiary alicyclic amines) is 1. The number of benzene rings is 2. The predicted octanol–water partition coefficient (Wildman–Crippen LogP) is 3.00. The fourth-order valence-electron chi connectivity index (χ4n) is 5.98. The summed E-state index contributed by atoms with van der Waals surface area (Å²) in [7, 11) is 0. The molecule has 1 saturated heterocycles. The van der Waals surface area contributed by atoms with E-state index in [1.54, 1.807) is 4.68 Å². The maximum absolute atomic E-state index is 12.6. The van der Waals surface area contributed by atoms with Crippen molar-refractivity contribution >= 4 is 22.6 Å². The van der Waals surface area contributed by atoms with Gasteiger partial charge in [0.15, 0.2) is 17.3 Å². The number of rotatable bonds is 8. The Bertz CT molecular complexity index is 1280. The number of ether oxygens (including phenoxy) is 2. The topological polar surface area (TPSA) is 101 Å². The number of amides is 1. The molecule has 3 aliphatic rings. The number of fused-ring (bicyclic) bond motifs is 2. The Morgan fingerprint density at radius 1 is 1.08 bits per heavy atom. The monoisotopic (exact) mass is 505 g/mol. The van der Waals surface area contributed by atoms with Gasteiger partial charge in [-0.3, -0.25) is 14.4 Å². The van der Waals surface area contributed by atoms with Crippen LogP contribution in [0.4, 0.5) is 5.82 Å². The van der Waals surface area contributed by atoms with Crippen LogP contribution in [0.15, 0.2) is 36.4 Å². The minimum atomic E-state index is -0.0197. The zero-order valence-corrected chi connectivity index (χ0v) is 21.3. The van der Waals surface area contributed by atoms with Gasteiger partial charge in [0.1, 0.15) is 0 Å². The first kappa shape index (κ1) is 24.1. The molecule has 9 nitrogen and oxygen atoms in total. The average molecular weight is 506 g/mol. The Balaban J connectivity index is 0.954. The van der Waals surface area contributed by atoms with Crippen molar-refractivity contribution in [3.05, 3.63) is 47.5 Å². The summed E-state index contributed by atoms with van der Waals surface area (Å²) in [6, 6.07) is 13.3. The van der Waals surface area contributed by atoms with E-state index in [1.807, 2.05) is 25.1 Å². The number of nitrogens with zero attached hydrogens (tertiary/aromatic N) is 3. The molecular formula is C28H35N5O4. The van der Waals surface area contributed by atoms with E-state index in [2.05, 4.69) is 38.8 Å². The van der Waals surface area contributed by atoms with E-state index < -0.39 is 0 Å². The Kier molecular flexibility index (Phi) is 6.65. The van der Waals surface area contributed by atoms with Gasteiger partial charge in [0.25, 0.3) is 0 Å². The van der Waals surface area contributed by atoms with Gasteiger partial charge in [-0.2, -0.15) is 5.10 Å². The third-order valence-corrected chi connectivity index (χ3v) is 7.99. The summed E-state index contributed by atoms with van der Waals surface area (Å²) in [6.45, 7) is 4.80. The van der Waals surface area contributed by atoms with Crippen molar-refractivity contribution in [3.63, 3.8) is 0 Å². The van der Waals surface area contributed by atoms with Crippen LogP contribution in [0.3, 0.4) is 0 Å². The fourth-order valence-corrected chi connectivity index (χ4v) is 5.98. The lowest BCUT2D eigenvalue weighted by molar-refractivity contribution is -0.121. The van der Waals surface area contributed by atoms with Crippen molar-refractivity contribution in [3.8, 4) is 11.5 Å². The molecule has 1 amide bonds. The molecule has 0 bridgehead atoms. The van der Waals surface area contributed by atoms with Gasteiger partial charge in [0.05, 0.1) is 31.3 Å². The van der Waals surface area contributed by atoms with Crippen LogP contribution in [0.25, 0.3) is 10.9 Å². The van der Waals surface area contributed by atoms with Crippen LogP contribution >= 0.6 is 0 Å². The molecule has 0 unspecified atom stereocenters. The van der Waals surface area contributed by atoms with Gasteiger partial charge in [-0.25, -0.2) is 0 Å². The first-order valence-electron chi connectivity index (χ1n) is 13.3. The zero-order valence-electron chi connectivity index (χ0n) is 21.3. The van der Waals surface area contributed by atoms with Crippen molar-refractivity contribution in [1.82, 2.24) is 20.0 Å². The number of carbonyl (C=O) groups excluding carboxylic acids is 1. The normalized spacial score (nSPS) is 21.7. The van der Waals surface area contributed by atoms with Crippen LogP contribution in [0.1, 0.15) is 42.7 Å². The van der Waals surface area contributed by atoms with Gasteiger partial charge in [-0.1, -0.05) is 17.7 Å². The van der Waals surface area contributed by atoms with Crippen molar-refractivity contribution in [2.75, 3.05) is 38.4 Å². The van der Waals surface area contributed by atoms with Crippen LogP contribution < -0.4 is 20.1 Å². The largest absolute Gasteiger partial charge is 0.454 e. The molecule has 0 spiro atoms. The van der Waals surface area contributed by atoms with Crippen LogP contribution in [-0.4, -0.2) is 70.8 Å². The zero-order chi connectivity index (χ0) is 25.4. The van der Waals surface area contributed by atoms with E-state index >= 15 is 0 Å². The van der Waals surface area contributed by atoms with Crippen LogP contribution in [-0.2, 0) is 11.3 Å². The average Bonchev–Trinajstić information content (AvgIpc) is 3.49. The second-order valence-electron chi connectivity index (χ2n) is 10.5. The lowest BCUT2D eigenvalue weighted by Crippen LogP contribution is -2.63. The molecule has 2 aromatic carbocycles. The number of anilines is 1. The number of aliphatic hydroxyl groups excluding tert-OH is 1. The van der Waals surface area contributed by atoms with Crippen molar-refractivity contribution < 1.29 is 19.4 Å². The number of aliphatic hydroxyl groups is 1. The molecule has 6 rings (SSSR count). The van der Waals surface area contributed by atoms with E-state index in [0.717, 1.165) is 41.1 Å². The standard InChI is InChI=1S/C28H35N5O4/c1-18-2-8-24-23(12-18)28(31-33(24)10-11-34)29-14-27(35)30-21-15-32(16-21)22-6-3-19(4-7-22)20-5-9-25-26(13-20)37-17-36-25/h2,5,8-9,12-13,19,21-22,34H,3-4,6-7,10-11,14-17H2,1H3,(H,29,31)(H,30,35). The first-order valence-corrected chi connectivity index (χ1v) is 13.3. The number of aromatic nitrogens is 2. The molecule has 1 aromatic heterocycles. The lowest BCUT2D eigenvalue weighted by Gasteiger charge is -2.46. The maximum Gasteiger partial charge on any atom is 0.239 e. The summed E-state index contributed by atoms with van der Waals surface area (Å²) in [5.41, 5.74) is 3.43. The molecule has 2 fully saturated rings. The Hall–Kier alpha value is -3.30. The number of carbonyl (C=O) groups is 1. The van der Waals surface area contributed by atoms with Crippen molar-refractivity contribution in [2.45, 2.75) is 57.2 Å². The first-order chi connectivity index (χ1) is 18.1. The van der Waals surface area contributed by atoms with Crippen molar-refractivity contribution in [1.29, 1.82) is 0 Å². The number of aryl methyl sites for hydroxylation is 1. The molecule has 9 heteroatoms. The fraction of sp³-hybridized carbons (Fsp3) is 0.500. The molecule has 0 radical (unpaired) electrons. The molecule has 3 heterocycles. The molecule has 196 valence electrons. The molecular weight excluding hydrogens is 470 g/mol. The predicted molar refractivity (Wildman–Crippen MR) is 141 cm³/mol. The van der Waals surface area contributed by atoms with Gasteiger partial charge in [0, 0.05) is 24.5 Å². The summed E-state index contributed by atoms with van der Waals surface area (Å²) >= 11 is 0. The Morgan fingerprint density at radius 3 is 2.70 bits per heavy atom. The number of hydrogen-bond acceptors (Lipinski definition) is 7. The highest BCUT2D eigenvalue weighted by atomic mass is 16.7. The van der Waals surface area contributed by atoms with Crippen LogP contribution in [0.5, 0.6) is 11.5 Å². The molecule has 3 aromatic rings. The lowest BCUT2D eigenvalue weighted by atomic mass is 9.80. The van der Waals surface area contributed by atoms with Gasteiger partial charge < -0.3 is 25.2 Å². The second-order valence-corrected chi connectivity index (χ2v) is 10.5. The summed E-state index contributed by atoms with van der Waals surface area (Å²) in [5, 5.41) is 21.2. The number of hydrogen-bond donors (Lipinski definition) is 3. The molecule has 37 heavy (non-hydrogen) atoms. The molecule has 1 aliphatic carbocycles. The summed E-state index contributed by atoms with van der Waals surface area (Å²) in [5.74, 6) is 2.96. The smallest absolute Gasteiger partial charge is 0.239 e. The van der Waals surface area contributed by atoms with E-state index in [4.69, 9.17) is 9.47 Å². The Labute approximate surface area is 216 Å². The van der Waals surface area contributed by atoms with E-state index in [-0.39, 0.29) is 25.1 Å². The molecule has 1 saturated carbocycles. The van der Waals surface area contributed by atoms with Crippen LogP contribution in [0.2, 0.25) is 0 Å². The quantitative estimate of drug-likeness (QED) is 0.433. The molecule has 3 N–H and O–H groups in total. The number of nitrogens with one attached hydrogen (secondary N) is 2. The highest BCUT2D eigenvalue weighted by molar-refractivity contribution is 5.92. The SMILES string of the molecule is Cc1ccc2c(c1)c(NCC(=O)NC1CN(C3CCC(c4ccc5c(c4)OCO5)CC3)C1)nn2CCO. The second kappa shape index (κ2) is 10.2. The highest BCUT2D eigenvalue weighted by Crippen LogP contribution is 2.40. The maximum atomic E-state index is 12.6. The van der Waals surface area contributed by atoms with E-state index in [9.17, 15) is 9.90 Å². The Morgan fingerprint density at radius 2 is 1.89 bits per heavy atom. The van der Waals surface area contributed by atoms with E-state index in [1.165, 1.54) is 31.2 Å². The summed E-state index contributed by atoms with van der Waals surface area (Å²) in [6.07, 6.45) is 4.73. The highest BCUT2D eigenvalue weighted by Gasteiger charge is 2.35.